The molecule has 112 valence electrons. The number of allylic oxidation sites excluding steroid dienone is 4. The molecule has 3 aliphatic rings. The van der Waals surface area contributed by atoms with Gasteiger partial charge in [0.15, 0.2) is 0 Å². The van der Waals surface area contributed by atoms with Crippen molar-refractivity contribution in [2.45, 2.75) is 70.1 Å². The first-order chi connectivity index (χ1) is 9.51. The number of rotatable bonds is 2. The van der Waals surface area contributed by atoms with Crippen molar-refractivity contribution in [3.63, 3.8) is 0 Å². The Bertz CT molecular complexity index is 400. The van der Waals surface area contributed by atoms with Crippen LogP contribution in [-0.4, -0.2) is 8.07 Å². The highest BCUT2D eigenvalue weighted by Gasteiger charge is 2.51. The Morgan fingerprint density at radius 3 is 2.30 bits per heavy atom. The molecule has 0 spiro atoms. The third-order valence-corrected chi connectivity index (χ3v) is 12.3. The topological polar surface area (TPSA) is 0 Å². The van der Waals surface area contributed by atoms with Crippen molar-refractivity contribution in [2.75, 3.05) is 0 Å². The smallest absolute Gasteiger partial charge is 0.0544 e. The maximum atomic E-state index is 2.73. The van der Waals surface area contributed by atoms with Gasteiger partial charge in [-0.2, -0.15) is 0 Å². The molecule has 0 amide bonds. The van der Waals surface area contributed by atoms with E-state index in [0.29, 0.717) is 0 Å². The molecule has 0 aromatic rings. The van der Waals surface area contributed by atoms with E-state index in [-0.39, 0.29) is 0 Å². The first-order valence-electron chi connectivity index (χ1n) is 8.87. The molecule has 0 aromatic carbocycles. The molecule has 5 unspecified atom stereocenters. The molecule has 0 bridgehead atoms. The van der Waals surface area contributed by atoms with Crippen molar-refractivity contribution in [3.8, 4) is 0 Å². The zero-order valence-corrected chi connectivity index (χ0v) is 14.8. The second-order valence-electron chi connectivity index (χ2n) is 8.41. The minimum Gasteiger partial charge on any atom is -0.0814 e. The van der Waals surface area contributed by atoms with Crippen LogP contribution in [0, 0.1) is 23.7 Å². The fraction of sp³-hybridized carbons (Fsp3) is 0.789. The maximum absolute atomic E-state index is 2.73. The zero-order chi connectivity index (χ0) is 14.3. The molecule has 0 radical (unpaired) electrons. The predicted molar refractivity (Wildman–Crippen MR) is 91.7 cm³/mol. The molecule has 1 heteroatoms. The molecule has 0 nitrogen and oxygen atoms in total. The van der Waals surface area contributed by atoms with E-state index >= 15 is 0 Å². The van der Waals surface area contributed by atoms with Crippen LogP contribution in [0.4, 0.5) is 0 Å². The quantitative estimate of drug-likeness (QED) is 0.543. The minimum atomic E-state index is -1.14. The molecule has 0 aliphatic heterocycles. The summed E-state index contributed by atoms with van der Waals surface area (Å²) in [4.78, 5) is 0. The molecule has 0 N–H and O–H groups in total. The van der Waals surface area contributed by atoms with E-state index in [1.165, 1.54) is 32.1 Å². The number of fused-ring (bicyclic) bond motifs is 1. The van der Waals surface area contributed by atoms with Crippen LogP contribution in [0.25, 0.3) is 0 Å². The fourth-order valence-electron chi connectivity index (χ4n) is 5.95. The molecule has 2 fully saturated rings. The van der Waals surface area contributed by atoms with Crippen molar-refractivity contribution in [1.82, 2.24) is 0 Å². The van der Waals surface area contributed by atoms with Crippen LogP contribution in [0.15, 0.2) is 24.3 Å². The van der Waals surface area contributed by atoms with Gasteiger partial charge in [0.1, 0.15) is 0 Å². The summed E-state index contributed by atoms with van der Waals surface area (Å²) >= 11 is 0. The van der Waals surface area contributed by atoms with E-state index in [1.54, 1.807) is 0 Å². The van der Waals surface area contributed by atoms with Gasteiger partial charge in [0.2, 0.25) is 0 Å². The van der Waals surface area contributed by atoms with Gasteiger partial charge in [0, 0.05) is 0 Å². The Kier molecular flexibility index (Phi) is 4.01. The Morgan fingerprint density at radius 1 is 0.950 bits per heavy atom. The third kappa shape index (κ3) is 2.36. The second-order valence-corrected chi connectivity index (χ2v) is 13.5. The Balaban J connectivity index is 1.88. The van der Waals surface area contributed by atoms with Crippen LogP contribution in [-0.2, 0) is 0 Å². The first kappa shape index (κ1) is 14.6. The fourth-order valence-corrected chi connectivity index (χ4v) is 11.3. The highest BCUT2D eigenvalue weighted by atomic mass is 28.3. The van der Waals surface area contributed by atoms with Gasteiger partial charge in [0.05, 0.1) is 8.07 Å². The van der Waals surface area contributed by atoms with E-state index < -0.39 is 8.07 Å². The molecular weight excluding hydrogens is 256 g/mol. The lowest BCUT2D eigenvalue weighted by atomic mass is 9.86. The van der Waals surface area contributed by atoms with Gasteiger partial charge >= 0.3 is 0 Å². The summed E-state index contributed by atoms with van der Waals surface area (Å²) in [6, 6.07) is 0. The van der Waals surface area contributed by atoms with Crippen molar-refractivity contribution in [2.24, 2.45) is 23.7 Å². The normalized spacial score (nSPS) is 41.9. The van der Waals surface area contributed by atoms with Gasteiger partial charge in [-0.1, -0.05) is 76.9 Å². The zero-order valence-electron chi connectivity index (χ0n) is 13.8. The standard InChI is InChI=1S/C19H32Si/c1-14-9-5-8-12-17-18(14)13-15(2)19(17)20(3,4)16-10-6-7-11-16/h5,8-9,12,14-19H,6-7,10-11,13H2,1-4H3. The molecule has 3 rings (SSSR count). The van der Waals surface area contributed by atoms with Gasteiger partial charge in [0.25, 0.3) is 0 Å². The van der Waals surface area contributed by atoms with Crippen molar-refractivity contribution in [1.29, 1.82) is 0 Å². The largest absolute Gasteiger partial charge is 0.0814 e. The van der Waals surface area contributed by atoms with Crippen LogP contribution in [0.2, 0.25) is 24.2 Å². The van der Waals surface area contributed by atoms with Crippen molar-refractivity contribution >= 4 is 8.07 Å². The van der Waals surface area contributed by atoms with Gasteiger partial charge in [-0.05, 0) is 41.2 Å². The van der Waals surface area contributed by atoms with Crippen molar-refractivity contribution < 1.29 is 0 Å². The van der Waals surface area contributed by atoms with Crippen LogP contribution in [0.5, 0.6) is 0 Å². The molecule has 5 atom stereocenters. The summed E-state index contributed by atoms with van der Waals surface area (Å²) in [5.41, 5.74) is 2.13. The molecule has 0 saturated heterocycles. The second kappa shape index (κ2) is 5.48. The van der Waals surface area contributed by atoms with E-state index in [2.05, 4.69) is 51.2 Å². The highest BCUT2D eigenvalue weighted by molar-refractivity contribution is 6.80. The molecule has 0 aromatic heterocycles. The summed E-state index contributed by atoms with van der Waals surface area (Å²) in [5.74, 6) is 3.51. The van der Waals surface area contributed by atoms with Crippen LogP contribution < -0.4 is 0 Å². The summed E-state index contributed by atoms with van der Waals surface area (Å²) in [7, 11) is -1.14. The van der Waals surface area contributed by atoms with Crippen LogP contribution in [0.1, 0.15) is 46.0 Å². The molecular formula is C19H32Si. The SMILES string of the molecule is CC1C=CC=CC2C1CC(C)C2[Si](C)(C)C1CCCC1. The van der Waals surface area contributed by atoms with Gasteiger partial charge in [-0.15, -0.1) is 0 Å². The molecule has 2 saturated carbocycles. The Morgan fingerprint density at radius 2 is 1.60 bits per heavy atom. The maximum Gasteiger partial charge on any atom is 0.0544 e. The van der Waals surface area contributed by atoms with Crippen LogP contribution in [0.3, 0.4) is 0 Å². The summed E-state index contributed by atoms with van der Waals surface area (Å²) < 4.78 is 0. The van der Waals surface area contributed by atoms with Crippen LogP contribution >= 0.6 is 0 Å². The lowest BCUT2D eigenvalue weighted by Gasteiger charge is -2.41. The first-order valence-corrected chi connectivity index (χ1v) is 12.0. The highest BCUT2D eigenvalue weighted by Crippen LogP contribution is 2.58. The Labute approximate surface area is 126 Å². The predicted octanol–water partition coefficient (Wildman–Crippen LogP) is 6.04. The lowest BCUT2D eigenvalue weighted by Crippen LogP contribution is -2.41. The summed E-state index contributed by atoms with van der Waals surface area (Å²) in [6.45, 7) is 10.5. The monoisotopic (exact) mass is 288 g/mol. The number of hydrogen-bond donors (Lipinski definition) is 0. The Hall–Kier alpha value is -0.303. The summed E-state index contributed by atoms with van der Waals surface area (Å²) in [5, 5.41) is 0. The summed E-state index contributed by atoms with van der Waals surface area (Å²) in [6.07, 6.45) is 17.2. The van der Waals surface area contributed by atoms with E-state index in [9.17, 15) is 0 Å². The average molecular weight is 289 g/mol. The van der Waals surface area contributed by atoms with Gasteiger partial charge < -0.3 is 0 Å². The van der Waals surface area contributed by atoms with E-state index in [0.717, 1.165) is 34.8 Å². The number of hydrogen-bond acceptors (Lipinski definition) is 0. The van der Waals surface area contributed by atoms with E-state index in [1.807, 2.05) is 0 Å². The van der Waals surface area contributed by atoms with Gasteiger partial charge in [-0.25, -0.2) is 0 Å². The third-order valence-electron chi connectivity index (χ3n) is 6.97. The minimum absolute atomic E-state index is 0.774. The van der Waals surface area contributed by atoms with E-state index in [4.69, 9.17) is 0 Å². The molecule has 0 heterocycles. The average Bonchev–Trinajstić information content (AvgIpc) is 2.99. The molecule has 20 heavy (non-hydrogen) atoms. The van der Waals surface area contributed by atoms with Gasteiger partial charge in [-0.3, -0.25) is 0 Å². The molecule has 3 aliphatic carbocycles. The lowest BCUT2D eigenvalue weighted by molar-refractivity contribution is 0.366. The van der Waals surface area contributed by atoms with Crippen molar-refractivity contribution in [3.05, 3.63) is 24.3 Å².